The number of Topliss-reactive ketones (excluding diaryl/α,β-unsaturated/α-hetero) is 1. The first-order chi connectivity index (χ1) is 17.6. The molecule has 1 unspecified atom stereocenters. The molecule has 0 saturated carbocycles. The van der Waals surface area contributed by atoms with E-state index in [2.05, 4.69) is 10.3 Å². The number of fused-ring (bicyclic) bond motifs is 1. The number of nitrogens with zero attached hydrogens (tertiary/aromatic N) is 4. The van der Waals surface area contributed by atoms with Gasteiger partial charge in [0.2, 0.25) is 11.9 Å². The Morgan fingerprint density at radius 1 is 1.19 bits per heavy atom. The van der Waals surface area contributed by atoms with Crippen LogP contribution in [-0.4, -0.2) is 48.0 Å². The van der Waals surface area contributed by atoms with E-state index < -0.39 is 6.04 Å². The summed E-state index contributed by atoms with van der Waals surface area (Å²) in [7, 11) is 1.61. The predicted octanol–water partition coefficient (Wildman–Crippen LogP) is 2.99. The van der Waals surface area contributed by atoms with Crippen molar-refractivity contribution in [3.63, 3.8) is 0 Å². The van der Waals surface area contributed by atoms with E-state index >= 15 is 0 Å². The van der Waals surface area contributed by atoms with Crippen LogP contribution >= 0.6 is 12.4 Å². The lowest BCUT2D eigenvalue weighted by Crippen LogP contribution is -2.49. The quantitative estimate of drug-likeness (QED) is 0.512. The molecule has 0 spiro atoms. The molecule has 3 aromatic rings. The number of halogens is 1. The zero-order valence-electron chi connectivity index (χ0n) is 20.2. The zero-order valence-corrected chi connectivity index (χ0v) is 21.0. The maximum absolute atomic E-state index is 13.6. The van der Waals surface area contributed by atoms with Crippen LogP contribution in [0.4, 0.5) is 17.5 Å². The number of para-hydroxylation sites is 1. The Kier molecular flexibility index (Phi) is 7.98. The highest BCUT2D eigenvalue weighted by atomic mass is 35.5. The molecular formula is C27H27ClN6O3. The lowest BCUT2D eigenvalue weighted by molar-refractivity contribution is -0.116. The molecule has 10 heteroatoms. The molecule has 2 aliphatic rings. The Morgan fingerprint density at radius 2 is 1.95 bits per heavy atom. The highest BCUT2D eigenvalue weighted by molar-refractivity contribution is 6.26. The number of hydrogen-bond donors (Lipinski definition) is 2. The lowest BCUT2D eigenvalue weighted by Gasteiger charge is -2.36. The van der Waals surface area contributed by atoms with Gasteiger partial charge in [-0.1, -0.05) is 48.6 Å². The number of benzene rings is 2. The molecule has 3 N–H and O–H groups in total. The van der Waals surface area contributed by atoms with Gasteiger partial charge in [-0.15, -0.1) is 12.4 Å². The number of carbonyl (C=O) groups is 2. The SMILES string of the molecule is COc1ccc(C2=CC=CC(N3CNCc4cnc(N(C(=O)CN)c5ccccc5)nc43)C2=O)cc1.Cl. The third-order valence-corrected chi connectivity index (χ3v) is 6.16. The van der Waals surface area contributed by atoms with Crippen LogP contribution in [-0.2, 0) is 16.1 Å². The van der Waals surface area contributed by atoms with Gasteiger partial charge >= 0.3 is 0 Å². The summed E-state index contributed by atoms with van der Waals surface area (Å²) in [4.78, 5) is 39.0. The second-order valence-electron chi connectivity index (χ2n) is 8.35. The summed E-state index contributed by atoms with van der Waals surface area (Å²) in [6.07, 6.45) is 7.25. The molecule has 1 aliphatic heterocycles. The van der Waals surface area contributed by atoms with Gasteiger partial charge in [0.25, 0.3) is 0 Å². The standard InChI is InChI=1S/C27H26N6O3.ClH/c1-36-21-12-10-18(11-13-21)22-8-5-9-23(25(22)35)32-17-29-15-19-16-30-27(31-26(19)32)33(24(34)14-28)20-6-3-2-4-7-20;/h2-13,16,23,29H,14-15,17,28H2,1H3;1H. The molecule has 9 nitrogen and oxygen atoms in total. The lowest BCUT2D eigenvalue weighted by atomic mass is 9.92. The number of nitrogens with one attached hydrogen (secondary N) is 1. The van der Waals surface area contributed by atoms with Gasteiger partial charge in [-0.3, -0.25) is 14.9 Å². The molecular weight excluding hydrogens is 492 g/mol. The van der Waals surface area contributed by atoms with E-state index in [0.717, 1.165) is 16.9 Å². The van der Waals surface area contributed by atoms with E-state index in [-0.39, 0.29) is 36.6 Å². The van der Waals surface area contributed by atoms with Crippen molar-refractivity contribution < 1.29 is 14.3 Å². The second kappa shape index (κ2) is 11.3. The van der Waals surface area contributed by atoms with Gasteiger partial charge in [-0.2, -0.15) is 4.98 Å². The summed E-state index contributed by atoms with van der Waals surface area (Å²) in [5.41, 5.74) is 8.57. The van der Waals surface area contributed by atoms with Crippen molar-refractivity contribution >= 4 is 47.1 Å². The van der Waals surface area contributed by atoms with Crippen LogP contribution in [0, 0.1) is 0 Å². The first kappa shape index (κ1) is 26.0. The topological polar surface area (TPSA) is 114 Å². The fraction of sp³-hybridized carbons (Fsp3) is 0.185. The smallest absolute Gasteiger partial charge is 0.247 e. The van der Waals surface area contributed by atoms with Crippen LogP contribution in [0.1, 0.15) is 11.1 Å². The van der Waals surface area contributed by atoms with Crippen LogP contribution in [0.2, 0.25) is 0 Å². The van der Waals surface area contributed by atoms with Crippen LogP contribution in [0.3, 0.4) is 0 Å². The predicted molar refractivity (Wildman–Crippen MR) is 145 cm³/mol. The number of carbonyl (C=O) groups excluding carboxylic acids is 2. The van der Waals surface area contributed by atoms with Gasteiger partial charge in [-0.05, 0) is 29.8 Å². The number of nitrogens with two attached hydrogens (primary N) is 1. The van der Waals surface area contributed by atoms with Crippen LogP contribution in [0.5, 0.6) is 5.75 Å². The van der Waals surface area contributed by atoms with E-state index in [4.69, 9.17) is 15.5 Å². The Labute approximate surface area is 221 Å². The minimum atomic E-state index is -0.572. The first-order valence-corrected chi connectivity index (χ1v) is 11.6. The van der Waals surface area contributed by atoms with Crippen molar-refractivity contribution in [3.05, 3.63) is 90.1 Å². The van der Waals surface area contributed by atoms with Crippen molar-refractivity contribution in [2.75, 3.05) is 30.1 Å². The minimum Gasteiger partial charge on any atom is -0.497 e. The van der Waals surface area contributed by atoms with E-state index in [0.29, 0.717) is 30.3 Å². The molecule has 0 radical (unpaired) electrons. The number of amides is 1. The van der Waals surface area contributed by atoms with Gasteiger partial charge in [-0.25, -0.2) is 9.88 Å². The van der Waals surface area contributed by atoms with Crippen molar-refractivity contribution in [3.8, 4) is 5.75 Å². The summed E-state index contributed by atoms with van der Waals surface area (Å²) in [5, 5.41) is 3.32. The molecule has 1 aliphatic carbocycles. The summed E-state index contributed by atoms with van der Waals surface area (Å²) in [6, 6.07) is 16.0. The second-order valence-corrected chi connectivity index (χ2v) is 8.35. The average Bonchev–Trinajstić information content (AvgIpc) is 2.93. The first-order valence-electron chi connectivity index (χ1n) is 11.6. The van der Waals surface area contributed by atoms with Crippen LogP contribution in [0.25, 0.3) is 5.57 Å². The van der Waals surface area contributed by atoms with Crippen LogP contribution < -0.4 is 25.6 Å². The maximum atomic E-state index is 13.6. The number of aromatic nitrogens is 2. The van der Waals surface area contributed by atoms with E-state index in [1.807, 2.05) is 65.6 Å². The summed E-state index contributed by atoms with van der Waals surface area (Å²) in [6.45, 7) is 0.769. The monoisotopic (exact) mass is 518 g/mol. The van der Waals surface area contributed by atoms with Crippen molar-refractivity contribution in [2.24, 2.45) is 5.73 Å². The third kappa shape index (κ3) is 5.10. The third-order valence-electron chi connectivity index (χ3n) is 6.16. The molecule has 0 bridgehead atoms. The number of allylic oxidation sites excluding steroid dienone is 2. The van der Waals surface area contributed by atoms with Crippen molar-refractivity contribution in [1.82, 2.24) is 15.3 Å². The Morgan fingerprint density at radius 3 is 2.65 bits per heavy atom. The van der Waals surface area contributed by atoms with Gasteiger partial charge in [0.05, 0.1) is 26.0 Å². The highest BCUT2D eigenvalue weighted by Gasteiger charge is 2.33. The Hall–Kier alpha value is -4.05. The molecule has 5 rings (SSSR count). The van der Waals surface area contributed by atoms with Gasteiger partial charge in [0, 0.05) is 23.9 Å². The molecule has 2 aromatic carbocycles. The Balaban J connectivity index is 0.00000320. The largest absolute Gasteiger partial charge is 0.497 e. The summed E-state index contributed by atoms with van der Waals surface area (Å²) < 4.78 is 5.24. The summed E-state index contributed by atoms with van der Waals surface area (Å²) in [5.74, 6) is 1.16. The molecule has 1 amide bonds. The molecule has 1 atom stereocenters. The average molecular weight is 519 g/mol. The summed E-state index contributed by atoms with van der Waals surface area (Å²) >= 11 is 0. The highest BCUT2D eigenvalue weighted by Crippen LogP contribution is 2.32. The molecule has 0 fully saturated rings. The Bertz CT molecular complexity index is 1340. The normalized spacial score (nSPS) is 16.4. The number of anilines is 3. The van der Waals surface area contributed by atoms with Crippen molar-refractivity contribution in [2.45, 2.75) is 12.6 Å². The molecule has 37 heavy (non-hydrogen) atoms. The molecule has 190 valence electrons. The maximum Gasteiger partial charge on any atom is 0.247 e. The van der Waals surface area contributed by atoms with Crippen LogP contribution in [0.15, 0.2) is 79.0 Å². The number of ether oxygens (including phenoxy) is 1. The minimum absolute atomic E-state index is 0. The van der Waals surface area contributed by atoms with E-state index in [1.165, 1.54) is 4.90 Å². The van der Waals surface area contributed by atoms with Gasteiger partial charge in [0.1, 0.15) is 17.6 Å². The fourth-order valence-corrected chi connectivity index (χ4v) is 4.37. The van der Waals surface area contributed by atoms with E-state index in [1.54, 1.807) is 25.4 Å². The van der Waals surface area contributed by atoms with Gasteiger partial charge in [0.15, 0.2) is 5.78 Å². The molecule has 0 saturated heterocycles. The molecule has 2 heterocycles. The van der Waals surface area contributed by atoms with Crippen molar-refractivity contribution in [1.29, 1.82) is 0 Å². The number of rotatable bonds is 6. The number of ketones is 1. The number of hydrogen-bond acceptors (Lipinski definition) is 8. The zero-order chi connectivity index (χ0) is 25.1. The fourth-order valence-electron chi connectivity index (χ4n) is 4.37. The van der Waals surface area contributed by atoms with Gasteiger partial charge < -0.3 is 15.4 Å². The van der Waals surface area contributed by atoms with E-state index in [9.17, 15) is 9.59 Å². The number of methoxy groups -OCH3 is 1. The molecule has 1 aromatic heterocycles.